The van der Waals surface area contributed by atoms with Gasteiger partial charge in [0.15, 0.2) is 5.65 Å². The van der Waals surface area contributed by atoms with Crippen LogP contribution in [0.5, 0.6) is 5.88 Å². The Morgan fingerprint density at radius 3 is 2.95 bits per heavy atom. The predicted molar refractivity (Wildman–Crippen MR) is 81.4 cm³/mol. The van der Waals surface area contributed by atoms with Gasteiger partial charge in [0.1, 0.15) is 5.52 Å². The van der Waals surface area contributed by atoms with Gasteiger partial charge in [0, 0.05) is 24.7 Å². The number of anilines is 1. The Hall–Kier alpha value is -1.82. The summed E-state index contributed by atoms with van der Waals surface area (Å²) in [6, 6.07) is 4.86. The summed E-state index contributed by atoms with van der Waals surface area (Å²) in [7, 11) is 1.63. The van der Waals surface area contributed by atoms with Crippen LogP contribution in [0.3, 0.4) is 0 Å². The zero-order chi connectivity index (χ0) is 14.4. The molecule has 6 nitrogen and oxygen atoms in total. The van der Waals surface area contributed by atoms with Gasteiger partial charge in [0.05, 0.1) is 7.11 Å². The number of hydrogen-bond acceptors (Lipinski definition) is 5. The molecule has 0 radical (unpaired) electrons. The molecule has 2 unspecified atom stereocenters. The molecule has 4 heterocycles. The number of hydrogen-bond donors (Lipinski definition) is 1. The molecule has 0 aromatic carbocycles. The van der Waals surface area contributed by atoms with Crippen molar-refractivity contribution in [3.8, 4) is 5.88 Å². The van der Waals surface area contributed by atoms with Crippen molar-refractivity contribution in [2.75, 3.05) is 25.9 Å². The number of imidazole rings is 1. The number of nitrogens with two attached hydrogens (primary N) is 1. The zero-order valence-corrected chi connectivity index (χ0v) is 12.3. The van der Waals surface area contributed by atoms with Gasteiger partial charge in [0.2, 0.25) is 11.8 Å². The van der Waals surface area contributed by atoms with Crippen LogP contribution in [-0.2, 0) is 0 Å². The van der Waals surface area contributed by atoms with E-state index in [0.717, 1.165) is 30.6 Å². The quantitative estimate of drug-likeness (QED) is 0.912. The molecular weight excluding hydrogens is 266 g/mol. The van der Waals surface area contributed by atoms with E-state index in [2.05, 4.69) is 19.4 Å². The highest BCUT2D eigenvalue weighted by molar-refractivity contribution is 5.75. The minimum Gasteiger partial charge on any atom is -0.481 e. The number of aromatic nitrogens is 3. The molecule has 0 aliphatic carbocycles. The average Bonchev–Trinajstić information content (AvgIpc) is 3.08. The van der Waals surface area contributed by atoms with Crippen LogP contribution in [0, 0.1) is 0 Å². The number of fused-ring (bicyclic) bond motifs is 2. The maximum atomic E-state index is 6.17. The highest BCUT2D eigenvalue weighted by atomic mass is 16.5. The third kappa shape index (κ3) is 2.05. The van der Waals surface area contributed by atoms with Gasteiger partial charge >= 0.3 is 0 Å². The number of nitrogen functional groups attached to an aromatic ring is 1. The van der Waals surface area contributed by atoms with E-state index in [1.165, 1.54) is 19.4 Å². The maximum Gasteiger partial charge on any atom is 0.215 e. The standard InChI is InChI=1S/C15H21N5O/c1-21-13-5-4-12-14(18-13)20(15(16)17-12)11-6-8-19-7-2-3-10(19)9-11/h4-5,10-11H,2-3,6-9H2,1H3,(H2,16,17). The molecule has 0 bridgehead atoms. The van der Waals surface area contributed by atoms with Crippen LogP contribution in [-0.4, -0.2) is 45.7 Å². The fraction of sp³-hybridized carbons (Fsp3) is 0.600. The van der Waals surface area contributed by atoms with E-state index in [1.807, 2.05) is 12.1 Å². The summed E-state index contributed by atoms with van der Waals surface area (Å²) in [6.45, 7) is 2.40. The predicted octanol–water partition coefficient (Wildman–Crippen LogP) is 1.82. The molecule has 0 saturated carbocycles. The monoisotopic (exact) mass is 287 g/mol. The van der Waals surface area contributed by atoms with Gasteiger partial charge in [-0.1, -0.05) is 0 Å². The van der Waals surface area contributed by atoms with Crippen molar-refractivity contribution in [1.82, 2.24) is 19.4 Å². The van der Waals surface area contributed by atoms with E-state index in [-0.39, 0.29) is 0 Å². The molecule has 0 amide bonds. The van der Waals surface area contributed by atoms with Gasteiger partial charge in [-0.2, -0.15) is 4.98 Å². The van der Waals surface area contributed by atoms with Gasteiger partial charge in [0.25, 0.3) is 0 Å². The molecule has 6 heteroatoms. The van der Waals surface area contributed by atoms with Crippen molar-refractivity contribution in [2.24, 2.45) is 0 Å². The summed E-state index contributed by atoms with van der Waals surface area (Å²) in [6.07, 6.45) is 4.89. The number of methoxy groups -OCH3 is 1. The number of rotatable bonds is 2. The molecule has 2 fully saturated rings. The van der Waals surface area contributed by atoms with Crippen LogP contribution < -0.4 is 10.5 Å². The van der Waals surface area contributed by atoms with Crippen LogP contribution in [0.15, 0.2) is 12.1 Å². The number of pyridine rings is 1. The van der Waals surface area contributed by atoms with Crippen molar-refractivity contribution >= 4 is 17.1 Å². The van der Waals surface area contributed by atoms with Crippen molar-refractivity contribution in [1.29, 1.82) is 0 Å². The molecule has 2 aliphatic heterocycles. The Morgan fingerprint density at radius 1 is 1.19 bits per heavy atom. The van der Waals surface area contributed by atoms with Crippen molar-refractivity contribution in [2.45, 2.75) is 37.8 Å². The first-order valence-electron chi connectivity index (χ1n) is 7.69. The second-order valence-electron chi connectivity index (χ2n) is 6.05. The van der Waals surface area contributed by atoms with Gasteiger partial charge in [-0.25, -0.2) is 4.98 Å². The second-order valence-corrected chi connectivity index (χ2v) is 6.05. The first-order chi connectivity index (χ1) is 10.3. The van der Waals surface area contributed by atoms with Crippen molar-refractivity contribution in [3.63, 3.8) is 0 Å². The average molecular weight is 287 g/mol. The van der Waals surface area contributed by atoms with Crippen LogP contribution in [0.4, 0.5) is 5.95 Å². The Morgan fingerprint density at radius 2 is 2.10 bits per heavy atom. The summed E-state index contributed by atoms with van der Waals surface area (Å²) < 4.78 is 7.36. The minimum absolute atomic E-state index is 0.397. The Balaban J connectivity index is 1.73. The Bertz CT molecular complexity index is 667. The summed E-state index contributed by atoms with van der Waals surface area (Å²) in [5.74, 6) is 1.18. The van der Waals surface area contributed by atoms with Crippen LogP contribution in [0.1, 0.15) is 31.7 Å². The topological polar surface area (TPSA) is 69.2 Å². The second kappa shape index (κ2) is 4.87. The van der Waals surface area contributed by atoms with Gasteiger partial charge in [-0.15, -0.1) is 0 Å². The zero-order valence-electron chi connectivity index (χ0n) is 12.3. The molecule has 112 valence electrons. The summed E-state index contributed by atoms with van der Waals surface area (Å²) in [5, 5.41) is 0. The minimum atomic E-state index is 0.397. The van der Waals surface area contributed by atoms with E-state index in [0.29, 0.717) is 23.9 Å². The first-order valence-corrected chi connectivity index (χ1v) is 7.69. The lowest BCUT2D eigenvalue weighted by molar-refractivity contribution is 0.158. The molecule has 2 aliphatic rings. The summed E-state index contributed by atoms with van der Waals surface area (Å²) >= 11 is 0. The van der Waals surface area contributed by atoms with E-state index < -0.39 is 0 Å². The fourth-order valence-electron chi connectivity index (χ4n) is 3.89. The van der Waals surface area contributed by atoms with Crippen molar-refractivity contribution in [3.05, 3.63) is 12.1 Å². The lowest BCUT2D eigenvalue weighted by Crippen LogP contribution is -2.38. The summed E-state index contributed by atoms with van der Waals surface area (Å²) in [4.78, 5) is 11.6. The molecule has 2 N–H and O–H groups in total. The summed E-state index contributed by atoms with van der Waals surface area (Å²) in [5.41, 5.74) is 7.87. The van der Waals surface area contributed by atoms with Crippen LogP contribution in [0.25, 0.3) is 11.2 Å². The third-order valence-corrected chi connectivity index (χ3v) is 4.91. The first kappa shape index (κ1) is 12.9. The SMILES string of the molecule is COc1ccc2nc(N)n(C3CCN4CCCC4C3)c2n1. The Labute approximate surface area is 123 Å². The molecule has 2 aromatic heterocycles. The van der Waals surface area contributed by atoms with E-state index in [1.54, 1.807) is 7.11 Å². The van der Waals surface area contributed by atoms with E-state index in [9.17, 15) is 0 Å². The number of nitrogens with zero attached hydrogens (tertiary/aromatic N) is 4. The highest BCUT2D eigenvalue weighted by Crippen LogP contribution is 2.36. The van der Waals surface area contributed by atoms with E-state index >= 15 is 0 Å². The smallest absolute Gasteiger partial charge is 0.215 e. The van der Waals surface area contributed by atoms with Crippen molar-refractivity contribution < 1.29 is 4.74 Å². The molecule has 21 heavy (non-hydrogen) atoms. The van der Waals surface area contributed by atoms with Gasteiger partial charge < -0.3 is 15.4 Å². The lowest BCUT2D eigenvalue weighted by atomic mass is 9.97. The molecule has 4 rings (SSSR count). The Kier molecular flexibility index (Phi) is 2.99. The van der Waals surface area contributed by atoms with Gasteiger partial charge in [-0.3, -0.25) is 4.57 Å². The van der Waals surface area contributed by atoms with Crippen LogP contribution >= 0.6 is 0 Å². The van der Waals surface area contributed by atoms with Crippen LogP contribution in [0.2, 0.25) is 0 Å². The lowest BCUT2D eigenvalue weighted by Gasteiger charge is -2.35. The van der Waals surface area contributed by atoms with E-state index in [4.69, 9.17) is 10.5 Å². The molecular formula is C15H21N5O. The highest BCUT2D eigenvalue weighted by Gasteiger charge is 2.33. The largest absolute Gasteiger partial charge is 0.481 e. The fourth-order valence-corrected chi connectivity index (χ4v) is 3.89. The van der Waals surface area contributed by atoms with Gasteiger partial charge in [-0.05, 0) is 38.3 Å². The maximum absolute atomic E-state index is 6.17. The normalized spacial score (nSPS) is 26.1. The molecule has 2 saturated heterocycles. The number of piperidine rings is 1. The third-order valence-electron chi connectivity index (χ3n) is 4.91. The molecule has 0 spiro atoms. The molecule has 2 atom stereocenters. The number of ether oxygens (including phenoxy) is 1. The molecule has 2 aromatic rings.